The molecule has 1 aliphatic rings. The lowest BCUT2D eigenvalue weighted by Gasteiger charge is -2.49. The molecule has 1 aromatic carbocycles. The molecule has 1 amide bonds. The van der Waals surface area contributed by atoms with E-state index < -0.39 is 17.1 Å². The third kappa shape index (κ3) is 3.35. The number of hydrogen-bond acceptors (Lipinski definition) is 4. The molecule has 26 heavy (non-hydrogen) atoms. The Balaban J connectivity index is 1.84. The number of rotatable bonds is 3. The minimum Gasteiger partial charge on any atom is -0.465 e. The second-order valence-electron chi connectivity index (χ2n) is 7.48. The molecule has 0 aliphatic carbocycles. The molecule has 7 nitrogen and oxygen atoms in total. The molecule has 0 radical (unpaired) electrons. The molecule has 1 fully saturated rings. The molecule has 0 bridgehead atoms. The molecule has 1 atom stereocenters. The van der Waals surface area contributed by atoms with Crippen molar-refractivity contribution in [3.8, 4) is 11.3 Å². The van der Waals surface area contributed by atoms with E-state index in [1.165, 1.54) is 21.9 Å². The van der Waals surface area contributed by atoms with Crippen LogP contribution in [-0.2, 0) is 6.54 Å². The number of aliphatic hydroxyl groups is 1. The van der Waals surface area contributed by atoms with Gasteiger partial charge in [-0.1, -0.05) is 44.2 Å². The van der Waals surface area contributed by atoms with Gasteiger partial charge in [0.1, 0.15) is 0 Å². The fraction of sp³-hybridized carbons (Fsp3) is 0.421. The standard InChI is InChI=1S/C19H23N3O4/c1-18(2)11-21(17(24)25)9-8-19(18,26)12-22-13-20-15(10-16(22)23)14-6-4-3-5-7-14/h3-7,10,13,26H,8-9,11-12H2,1-2H3,(H,24,25)/t19-/m1/s1. The van der Waals surface area contributed by atoms with Crippen molar-refractivity contribution >= 4 is 6.09 Å². The summed E-state index contributed by atoms with van der Waals surface area (Å²) in [5.41, 5.74) is -0.701. The summed E-state index contributed by atoms with van der Waals surface area (Å²) in [6.07, 6.45) is 0.716. The topological polar surface area (TPSA) is 95.7 Å². The van der Waals surface area contributed by atoms with Crippen molar-refractivity contribution in [2.75, 3.05) is 13.1 Å². The van der Waals surface area contributed by atoms with Crippen LogP contribution in [0.5, 0.6) is 0 Å². The summed E-state index contributed by atoms with van der Waals surface area (Å²) < 4.78 is 1.39. The van der Waals surface area contributed by atoms with Crippen molar-refractivity contribution in [3.63, 3.8) is 0 Å². The van der Waals surface area contributed by atoms with E-state index in [2.05, 4.69) is 4.98 Å². The maximum absolute atomic E-state index is 12.5. The molecule has 0 unspecified atom stereocenters. The van der Waals surface area contributed by atoms with Crippen LogP contribution in [0.15, 0.2) is 47.5 Å². The van der Waals surface area contributed by atoms with Crippen LogP contribution in [0.1, 0.15) is 20.3 Å². The first-order valence-electron chi connectivity index (χ1n) is 8.54. The number of nitrogens with zero attached hydrogens (tertiary/aromatic N) is 3. The Bertz CT molecular complexity index is 863. The highest BCUT2D eigenvalue weighted by molar-refractivity contribution is 5.65. The van der Waals surface area contributed by atoms with E-state index in [0.29, 0.717) is 5.69 Å². The number of carbonyl (C=O) groups is 1. The summed E-state index contributed by atoms with van der Waals surface area (Å²) >= 11 is 0. The van der Waals surface area contributed by atoms with Crippen LogP contribution >= 0.6 is 0 Å². The predicted octanol–water partition coefficient (Wildman–Crippen LogP) is 2.05. The molecular weight excluding hydrogens is 334 g/mol. The molecule has 2 N–H and O–H groups in total. The first-order valence-corrected chi connectivity index (χ1v) is 8.54. The molecule has 138 valence electrons. The summed E-state index contributed by atoms with van der Waals surface area (Å²) in [5, 5.41) is 20.3. The number of amides is 1. The van der Waals surface area contributed by atoms with E-state index in [0.717, 1.165) is 5.56 Å². The van der Waals surface area contributed by atoms with E-state index in [1.807, 2.05) is 44.2 Å². The van der Waals surface area contributed by atoms with Gasteiger partial charge >= 0.3 is 6.09 Å². The van der Waals surface area contributed by atoms with Gasteiger partial charge in [0.2, 0.25) is 0 Å². The highest BCUT2D eigenvalue weighted by atomic mass is 16.4. The van der Waals surface area contributed by atoms with Gasteiger partial charge in [-0.15, -0.1) is 0 Å². The third-order valence-electron chi connectivity index (χ3n) is 5.29. The van der Waals surface area contributed by atoms with Gasteiger partial charge in [-0.2, -0.15) is 0 Å². The Kier molecular flexibility index (Phi) is 4.58. The smallest absolute Gasteiger partial charge is 0.407 e. The average molecular weight is 357 g/mol. The van der Waals surface area contributed by atoms with Crippen molar-refractivity contribution in [2.24, 2.45) is 5.41 Å². The maximum atomic E-state index is 12.5. The first-order chi connectivity index (χ1) is 12.2. The highest BCUT2D eigenvalue weighted by Gasteiger charge is 2.49. The molecule has 1 aromatic heterocycles. The fourth-order valence-corrected chi connectivity index (χ4v) is 3.41. The van der Waals surface area contributed by atoms with Crippen LogP contribution in [0.4, 0.5) is 4.79 Å². The second kappa shape index (κ2) is 6.57. The van der Waals surface area contributed by atoms with Crippen molar-refractivity contribution in [2.45, 2.75) is 32.4 Å². The monoisotopic (exact) mass is 357 g/mol. The Morgan fingerprint density at radius 1 is 1.27 bits per heavy atom. The van der Waals surface area contributed by atoms with Crippen molar-refractivity contribution in [1.82, 2.24) is 14.5 Å². The molecule has 3 rings (SSSR count). The molecule has 0 spiro atoms. The Morgan fingerprint density at radius 3 is 2.54 bits per heavy atom. The third-order valence-corrected chi connectivity index (χ3v) is 5.29. The lowest BCUT2D eigenvalue weighted by molar-refractivity contribution is -0.123. The molecular formula is C19H23N3O4. The zero-order chi connectivity index (χ0) is 18.9. The molecule has 2 heterocycles. The normalized spacial score (nSPS) is 22.2. The Hall–Kier alpha value is -2.67. The summed E-state index contributed by atoms with van der Waals surface area (Å²) in [6, 6.07) is 10.9. The number of benzene rings is 1. The van der Waals surface area contributed by atoms with E-state index in [1.54, 1.807) is 0 Å². The van der Waals surface area contributed by atoms with Crippen molar-refractivity contribution in [1.29, 1.82) is 0 Å². The van der Waals surface area contributed by atoms with Crippen LogP contribution in [0.3, 0.4) is 0 Å². The van der Waals surface area contributed by atoms with Gasteiger partial charge in [-0.3, -0.25) is 9.36 Å². The van der Waals surface area contributed by atoms with E-state index in [4.69, 9.17) is 0 Å². The second-order valence-corrected chi connectivity index (χ2v) is 7.48. The number of hydrogen-bond donors (Lipinski definition) is 2. The molecule has 1 saturated heterocycles. The van der Waals surface area contributed by atoms with Crippen molar-refractivity contribution < 1.29 is 15.0 Å². The Labute approximate surface area is 151 Å². The number of likely N-dealkylation sites (tertiary alicyclic amines) is 1. The van der Waals surface area contributed by atoms with Crippen LogP contribution in [-0.4, -0.2) is 49.4 Å². The molecule has 0 saturated carbocycles. The minimum absolute atomic E-state index is 0.0777. The number of carboxylic acid groups (broad SMARTS) is 1. The van der Waals surface area contributed by atoms with Crippen LogP contribution in [0.2, 0.25) is 0 Å². The number of aromatic nitrogens is 2. The summed E-state index contributed by atoms with van der Waals surface area (Å²) in [5.74, 6) is 0. The van der Waals surface area contributed by atoms with Gasteiger partial charge in [0.25, 0.3) is 5.56 Å². The maximum Gasteiger partial charge on any atom is 0.407 e. The van der Waals surface area contributed by atoms with Crippen LogP contribution in [0.25, 0.3) is 11.3 Å². The fourth-order valence-electron chi connectivity index (χ4n) is 3.41. The van der Waals surface area contributed by atoms with E-state index >= 15 is 0 Å². The van der Waals surface area contributed by atoms with Gasteiger partial charge in [0, 0.05) is 30.1 Å². The highest BCUT2D eigenvalue weighted by Crippen LogP contribution is 2.39. The minimum atomic E-state index is -1.20. The van der Waals surface area contributed by atoms with Crippen molar-refractivity contribution in [3.05, 3.63) is 53.1 Å². The average Bonchev–Trinajstić information content (AvgIpc) is 2.60. The van der Waals surface area contributed by atoms with Gasteiger partial charge in [0.15, 0.2) is 0 Å². The van der Waals surface area contributed by atoms with Crippen LogP contribution in [0, 0.1) is 5.41 Å². The molecule has 1 aliphatic heterocycles. The Morgan fingerprint density at radius 2 is 1.96 bits per heavy atom. The van der Waals surface area contributed by atoms with E-state index in [-0.39, 0.29) is 31.6 Å². The summed E-state index contributed by atoms with van der Waals surface area (Å²) in [4.78, 5) is 29.4. The SMILES string of the molecule is CC1(C)CN(C(=O)O)CC[C@@]1(O)Cn1cnc(-c2ccccc2)cc1=O. The summed E-state index contributed by atoms with van der Waals surface area (Å²) in [6.45, 7) is 4.16. The lowest BCUT2D eigenvalue weighted by Crippen LogP contribution is -2.60. The molecule has 7 heteroatoms. The first kappa shape index (κ1) is 18.1. The van der Waals surface area contributed by atoms with Gasteiger partial charge in [-0.25, -0.2) is 9.78 Å². The zero-order valence-electron chi connectivity index (χ0n) is 14.9. The quantitative estimate of drug-likeness (QED) is 0.876. The number of piperidine rings is 1. The summed E-state index contributed by atoms with van der Waals surface area (Å²) in [7, 11) is 0. The van der Waals surface area contributed by atoms with Crippen LogP contribution < -0.4 is 5.56 Å². The van der Waals surface area contributed by atoms with Gasteiger partial charge < -0.3 is 15.1 Å². The van der Waals surface area contributed by atoms with Gasteiger partial charge in [-0.05, 0) is 6.42 Å². The lowest BCUT2D eigenvalue weighted by atomic mass is 9.70. The molecule has 2 aromatic rings. The van der Waals surface area contributed by atoms with Gasteiger partial charge in [0.05, 0.1) is 24.2 Å². The largest absolute Gasteiger partial charge is 0.465 e. The zero-order valence-corrected chi connectivity index (χ0v) is 14.9. The predicted molar refractivity (Wildman–Crippen MR) is 96.9 cm³/mol. The van der Waals surface area contributed by atoms with E-state index in [9.17, 15) is 19.8 Å².